The van der Waals surface area contributed by atoms with Crippen LogP contribution in [0.4, 0.5) is 4.79 Å². The topological polar surface area (TPSA) is 52.6 Å². The third-order valence-electron chi connectivity index (χ3n) is 4.41. The predicted octanol–water partition coefficient (Wildman–Crippen LogP) is 2.15. The molecule has 0 radical (unpaired) electrons. The Morgan fingerprint density at radius 1 is 1.37 bits per heavy atom. The first kappa shape index (κ1) is 14.4. The van der Waals surface area contributed by atoms with E-state index in [1.165, 1.54) is 32.1 Å². The van der Waals surface area contributed by atoms with E-state index < -0.39 is 0 Å². The summed E-state index contributed by atoms with van der Waals surface area (Å²) in [6.45, 7) is 4.51. The minimum absolute atomic E-state index is 0.00200. The standard InChI is InChI=1S/C15H26N2O2/c1-2-8-17(9-10-18)15(19)16-14-11-13(14)12-6-4-3-5-7-12/h2,12-14,18H,1,3-11H2,(H,16,19)/t13-,14+/m0/s1. The summed E-state index contributed by atoms with van der Waals surface area (Å²) in [7, 11) is 0. The van der Waals surface area contributed by atoms with Crippen LogP contribution in [0.2, 0.25) is 0 Å². The summed E-state index contributed by atoms with van der Waals surface area (Å²) in [6.07, 6.45) is 9.60. The minimum atomic E-state index is -0.0581. The van der Waals surface area contributed by atoms with Crippen LogP contribution in [0.1, 0.15) is 38.5 Å². The molecule has 2 N–H and O–H groups in total. The largest absolute Gasteiger partial charge is 0.395 e. The van der Waals surface area contributed by atoms with Gasteiger partial charge in [0, 0.05) is 19.1 Å². The van der Waals surface area contributed by atoms with Gasteiger partial charge in [-0.2, -0.15) is 0 Å². The number of rotatable bonds is 6. The molecule has 0 aromatic carbocycles. The highest BCUT2D eigenvalue weighted by Crippen LogP contribution is 2.44. The average molecular weight is 266 g/mol. The first-order chi connectivity index (χ1) is 9.26. The van der Waals surface area contributed by atoms with Crippen molar-refractivity contribution in [1.29, 1.82) is 0 Å². The molecule has 0 heterocycles. The molecule has 2 fully saturated rings. The van der Waals surface area contributed by atoms with Gasteiger partial charge in [-0.15, -0.1) is 6.58 Å². The Morgan fingerprint density at radius 3 is 2.74 bits per heavy atom. The van der Waals surface area contributed by atoms with Crippen LogP contribution in [0, 0.1) is 11.8 Å². The molecule has 4 heteroatoms. The lowest BCUT2D eigenvalue weighted by molar-refractivity contribution is 0.182. The van der Waals surface area contributed by atoms with Crippen LogP contribution in [0.15, 0.2) is 12.7 Å². The summed E-state index contributed by atoms with van der Waals surface area (Å²) in [5, 5.41) is 12.1. The highest BCUT2D eigenvalue weighted by Gasteiger charge is 2.44. The molecule has 0 spiro atoms. The lowest BCUT2D eigenvalue weighted by Crippen LogP contribution is -2.43. The lowest BCUT2D eigenvalue weighted by atomic mass is 9.85. The number of hydrogen-bond donors (Lipinski definition) is 2. The highest BCUT2D eigenvalue weighted by atomic mass is 16.3. The van der Waals surface area contributed by atoms with Gasteiger partial charge in [-0.25, -0.2) is 4.79 Å². The SMILES string of the molecule is C=CCN(CCO)C(=O)N[C@@H]1C[C@H]1C1CCCCC1. The van der Waals surface area contributed by atoms with Gasteiger partial charge >= 0.3 is 6.03 Å². The van der Waals surface area contributed by atoms with Gasteiger partial charge in [0.05, 0.1) is 6.61 Å². The van der Waals surface area contributed by atoms with Crippen LogP contribution in [0.25, 0.3) is 0 Å². The molecule has 0 aromatic rings. The van der Waals surface area contributed by atoms with E-state index in [9.17, 15) is 4.79 Å². The van der Waals surface area contributed by atoms with E-state index in [0.29, 0.717) is 25.0 Å². The fraction of sp³-hybridized carbons (Fsp3) is 0.800. The van der Waals surface area contributed by atoms with Crippen LogP contribution in [-0.2, 0) is 0 Å². The number of hydrogen-bond acceptors (Lipinski definition) is 2. The molecule has 0 aromatic heterocycles. The smallest absolute Gasteiger partial charge is 0.317 e. The molecule has 19 heavy (non-hydrogen) atoms. The quantitative estimate of drug-likeness (QED) is 0.724. The van der Waals surface area contributed by atoms with Crippen LogP contribution < -0.4 is 5.32 Å². The second-order valence-corrected chi connectivity index (χ2v) is 5.81. The van der Waals surface area contributed by atoms with Crippen molar-refractivity contribution in [2.45, 2.75) is 44.6 Å². The van der Waals surface area contributed by atoms with Crippen LogP contribution >= 0.6 is 0 Å². The maximum absolute atomic E-state index is 12.1. The van der Waals surface area contributed by atoms with Crippen LogP contribution in [0.3, 0.4) is 0 Å². The first-order valence-corrected chi connectivity index (χ1v) is 7.53. The number of nitrogens with one attached hydrogen (secondary N) is 1. The number of urea groups is 1. The van der Waals surface area contributed by atoms with Gasteiger partial charge in [-0.05, 0) is 18.3 Å². The van der Waals surface area contributed by atoms with Crippen molar-refractivity contribution in [3.05, 3.63) is 12.7 Å². The summed E-state index contributed by atoms with van der Waals surface area (Å²) in [5.74, 6) is 1.52. The van der Waals surface area contributed by atoms with Gasteiger partial charge in [-0.3, -0.25) is 0 Å². The monoisotopic (exact) mass is 266 g/mol. The summed E-state index contributed by atoms with van der Waals surface area (Å²) < 4.78 is 0. The molecule has 0 bridgehead atoms. The van der Waals surface area contributed by atoms with Gasteiger partial charge in [0.2, 0.25) is 0 Å². The number of carbonyl (C=O) groups excluding carboxylic acids is 1. The molecule has 108 valence electrons. The van der Waals surface area contributed by atoms with E-state index in [1.54, 1.807) is 11.0 Å². The second-order valence-electron chi connectivity index (χ2n) is 5.81. The fourth-order valence-electron chi connectivity index (χ4n) is 3.27. The van der Waals surface area contributed by atoms with Crippen molar-refractivity contribution in [2.75, 3.05) is 19.7 Å². The summed E-state index contributed by atoms with van der Waals surface area (Å²) >= 11 is 0. The number of amides is 2. The molecular weight excluding hydrogens is 240 g/mol. The Balaban J connectivity index is 1.75. The van der Waals surface area contributed by atoms with E-state index in [1.807, 2.05) is 0 Å². The fourth-order valence-corrected chi connectivity index (χ4v) is 3.27. The predicted molar refractivity (Wildman–Crippen MR) is 75.9 cm³/mol. The maximum Gasteiger partial charge on any atom is 0.317 e. The van der Waals surface area contributed by atoms with Crippen molar-refractivity contribution in [2.24, 2.45) is 11.8 Å². The van der Waals surface area contributed by atoms with Gasteiger partial charge in [0.25, 0.3) is 0 Å². The minimum Gasteiger partial charge on any atom is -0.395 e. The molecule has 2 atom stereocenters. The third-order valence-corrected chi connectivity index (χ3v) is 4.41. The maximum atomic E-state index is 12.1. The number of aliphatic hydroxyl groups is 1. The molecular formula is C15H26N2O2. The molecule has 2 rings (SSSR count). The van der Waals surface area contributed by atoms with Gasteiger partial charge in [0.1, 0.15) is 0 Å². The Morgan fingerprint density at radius 2 is 2.11 bits per heavy atom. The number of carbonyl (C=O) groups is 1. The molecule has 4 nitrogen and oxygen atoms in total. The normalized spacial score (nSPS) is 26.8. The van der Waals surface area contributed by atoms with E-state index in [0.717, 1.165) is 12.3 Å². The van der Waals surface area contributed by atoms with Crippen LogP contribution in [-0.4, -0.2) is 41.8 Å². The van der Waals surface area contributed by atoms with E-state index >= 15 is 0 Å². The van der Waals surface area contributed by atoms with Crippen molar-refractivity contribution in [3.63, 3.8) is 0 Å². The van der Waals surface area contributed by atoms with Gasteiger partial charge in [-0.1, -0.05) is 38.2 Å². The van der Waals surface area contributed by atoms with Crippen molar-refractivity contribution >= 4 is 6.03 Å². The Labute approximate surface area is 115 Å². The summed E-state index contributed by atoms with van der Waals surface area (Å²) in [4.78, 5) is 13.7. The molecule has 0 saturated heterocycles. The first-order valence-electron chi connectivity index (χ1n) is 7.53. The molecule has 2 saturated carbocycles. The zero-order valence-corrected chi connectivity index (χ0v) is 11.7. The zero-order chi connectivity index (χ0) is 13.7. The van der Waals surface area contributed by atoms with Gasteiger partial charge < -0.3 is 15.3 Å². The van der Waals surface area contributed by atoms with Crippen molar-refractivity contribution < 1.29 is 9.90 Å². The van der Waals surface area contributed by atoms with Gasteiger partial charge in [0.15, 0.2) is 0 Å². The zero-order valence-electron chi connectivity index (χ0n) is 11.7. The number of nitrogens with zero attached hydrogens (tertiary/aromatic N) is 1. The van der Waals surface area contributed by atoms with E-state index in [-0.39, 0.29) is 12.6 Å². The Bertz CT molecular complexity index is 313. The molecule has 2 aliphatic rings. The average Bonchev–Trinajstić information content (AvgIpc) is 3.19. The lowest BCUT2D eigenvalue weighted by Gasteiger charge is -2.23. The third kappa shape index (κ3) is 3.96. The summed E-state index contributed by atoms with van der Waals surface area (Å²) in [6, 6.07) is 0.305. The highest BCUT2D eigenvalue weighted by molar-refractivity contribution is 5.75. The number of aliphatic hydroxyl groups excluding tert-OH is 1. The Hall–Kier alpha value is -1.03. The molecule has 0 aliphatic heterocycles. The Kier molecular flexibility index (Phi) is 5.25. The molecule has 0 unspecified atom stereocenters. The van der Waals surface area contributed by atoms with Crippen molar-refractivity contribution in [3.8, 4) is 0 Å². The molecule has 2 amide bonds. The van der Waals surface area contributed by atoms with Crippen molar-refractivity contribution in [1.82, 2.24) is 10.2 Å². The second kappa shape index (κ2) is 6.94. The van der Waals surface area contributed by atoms with E-state index in [4.69, 9.17) is 5.11 Å². The summed E-state index contributed by atoms with van der Waals surface area (Å²) in [5.41, 5.74) is 0. The van der Waals surface area contributed by atoms with Crippen LogP contribution in [0.5, 0.6) is 0 Å². The van der Waals surface area contributed by atoms with E-state index in [2.05, 4.69) is 11.9 Å². The molecule has 2 aliphatic carbocycles.